The van der Waals surface area contributed by atoms with Crippen LogP contribution in [-0.2, 0) is 0 Å². The van der Waals surface area contributed by atoms with Crippen molar-refractivity contribution in [1.29, 1.82) is 5.26 Å². The molecule has 4 heteroatoms. The van der Waals surface area contributed by atoms with Crippen molar-refractivity contribution in [1.82, 2.24) is 14.1 Å². The van der Waals surface area contributed by atoms with Gasteiger partial charge in [0.1, 0.15) is 5.82 Å². The molecular weight excluding hydrogens is 560 g/mol. The van der Waals surface area contributed by atoms with Crippen LogP contribution in [0.25, 0.3) is 87.6 Å². The van der Waals surface area contributed by atoms with Crippen LogP contribution >= 0.6 is 0 Å². The molecule has 0 atom stereocenters. The van der Waals surface area contributed by atoms with E-state index in [0.717, 1.165) is 38.8 Å². The molecule has 7 aromatic carbocycles. The average Bonchev–Trinajstić information content (AvgIpc) is 3.64. The van der Waals surface area contributed by atoms with Crippen molar-refractivity contribution in [2.45, 2.75) is 0 Å². The molecule has 0 spiro atoms. The molecule has 212 valence electrons. The summed E-state index contributed by atoms with van der Waals surface area (Å²) in [5, 5.41) is 20.7. The van der Waals surface area contributed by atoms with E-state index in [1.807, 2.05) is 30.3 Å². The Morgan fingerprint density at radius 2 is 1.02 bits per heavy atom. The van der Waals surface area contributed by atoms with E-state index in [-0.39, 0.29) is 0 Å². The topological polar surface area (TPSA) is 46.5 Å². The minimum atomic E-state index is 0.616. The molecule has 0 unspecified atom stereocenters. The summed E-state index contributed by atoms with van der Waals surface area (Å²) in [5.74, 6) is 0.738. The standard InChI is InChI=1S/C42H24N4/c43-25-28-23-40(44-35-15-7-5-11-30(28)35)46-37-22-19-29(24-34(37)42-32-13-4-2-10-27(32)18-21-39(42)46)45-36-16-8-6-14-33(36)41-31-12-3-1-9-26(31)17-20-38(41)45/h1-24H. The summed E-state index contributed by atoms with van der Waals surface area (Å²) in [4.78, 5) is 5.10. The first-order valence-electron chi connectivity index (χ1n) is 15.5. The Kier molecular flexibility index (Phi) is 5.03. The third-order valence-electron chi connectivity index (χ3n) is 9.51. The summed E-state index contributed by atoms with van der Waals surface area (Å²) in [6, 6.07) is 53.7. The van der Waals surface area contributed by atoms with E-state index in [9.17, 15) is 5.26 Å². The lowest BCUT2D eigenvalue weighted by atomic mass is 10.0. The summed E-state index contributed by atoms with van der Waals surface area (Å²) in [6.45, 7) is 0. The summed E-state index contributed by atoms with van der Waals surface area (Å²) >= 11 is 0. The molecule has 0 fully saturated rings. The SMILES string of the molecule is N#Cc1cc(-n2c3ccc(-n4c5ccccc5c5c6ccccc6ccc54)cc3c3c4ccccc4ccc32)nc2ccccc12. The molecule has 3 aromatic heterocycles. The van der Waals surface area contributed by atoms with Crippen LogP contribution < -0.4 is 0 Å². The quantitative estimate of drug-likeness (QED) is 0.203. The highest BCUT2D eigenvalue weighted by Crippen LogP contribution is 2.41. The second kappa shape index (κ2) is 9.28. The second-order valence-electron chi connectivity index (χ2n) is 11.9. The number of aromatic nitrogens is 3. The predicted octanol–water partition coefficient (Wildman–Crippen LogP) is 10.6. The minimum Gasteiger partial charge on any atom is -0.309 e. The number of hydrogen-bond acceptors (Lipinski definition) is 2. The van der Waals surface area contributed by atoms with Crippen molar-refractivity contribution < 1.29 is 0 Å². The van der Waals surface area contributed by atoms with E-state index in [2.05, 4.69) is 130 Å². The van der Waals surface area contributed by atoms with Crippen LogP contribution in [0.1, 0.15) is 5.56 Å². The fourth-order valence-corrected chi connectivity index (χ4v) is 7.55. The van der Waals surface area contributed by atoms with Gasteiger partial charge >= 0.3 is 0 Å². The molecule has 10 aromatic rings. The summed E-state index contributed by atoms with van der Waals surface area (Å²) in [6.07, 6.45) is 0. The van der Waals surface area contributed by atoms with Gasteiger partial charge in [0.2, 0.25) is 0 Å². The lowest BCUT2D eigenvalue weighted by molar-refractivity contribution is 1.10. The number of nitrogens with zero attached hydrogens (tertiary/aromatic N) is 4. The third-order valence-corrected chi connectivity index (χ3v) is 9.51. The number of nitriles is 1. The molecule has 0 aliphatic heterocycles. The fourth-order valence-electron chi connectivity index (χ4n) is 7.55. The Morgan fingerprint density at radius 1 is 0.457 bits per heavy atom. The maximum atomic E-state index is 10.1. The Balaban J connectivity index is 1.34. The predicted molar refractivity (Wildman–Crippen MR) is 190 cm³/mol. The Bertz CT molecular complexity index is 2940. The first-order chi connectivity index (χ1) is 22.8. The molecule has 0 aliphatic rings. The molecule has 10 rings (SSSR count). The van der Waals surface area contributed by atoms with Crippen molar-refractivity contribution >= 4 is 76.1 Å². The number of benzene rings is 7. The molecular formula is C42H24N4. The number of fused-ring (bicyclic) bond motifs is 11. The van der Waals surface area contributed by atoms with Crippen LogP contribution in [0.3, 0.4) is 0 Å². The molecule has 0 amide bonds. The summed E-state index contributed by atoms with van der Waals surface area (Å²) in [7, 11) is 0. The highest BCUT2D eigenvalue weighted by atomic mass is 15.1. The number of para-hydroxylation sites is 2. The van der Waals surface area contributed by atoms with E-state index in [1.54, 1.807) is 0 Å². The molecule has 0 bridgehead atoms. The normalized spacial score (nSPS) is 11.9. The molecule has 0 saturated heterocycles. The van der Waals surface area contributed by atoms with Gasteiger partial charge in [-0.1, -0.05) is 97.1 Å². The van der Waals surface area contributed by atoms with Crippen LogP contribution in [0.2, 0.25) is 0 Å². The molecule has 0 saturated carbocycles. The van der Waals surface area contributed by atoms with E-state index < -0.39 is 0 Å². The van der Waals surface area contributed by atoms with E-state index in [1.165, 1.54) is 48.7 Å². The average molecular weight is 585 g/mol. The van der Waals surface area contributed by atoms with Crippen molar-refractivity contribution in [2.24, 2.45) is 0 Å². The molecule has 0 radical (unpaired) electrons. The van der Waals surface area contributed by atoms with Gasteiger partial charge in [-0.25, -0.2) is 4.98 Å². The molecule has 4 nitrogen and oxygen atoms in total. The van der Waals surface area contributed by atoms with Gasteiger partial charge in [0.05, 0.1) is 39.2 Å². The molecule has 0 N–H and O–H groups in total. The van der Waals surface area contributed by atoms with Gasteiger partial charge in [-0.2, -0.15) is 5.26 Å². The molecule has 46 heavy (non-hydrogen) atoms. The first kappa shape index (κ1) is 24.9. The van der Waals surface area contributed by atoms with Crippen LogP contribution in [0.15, 0.2) is 146 Å². The Hall–Kier alpha value is -6.44. The van der Waals surface area contributed by atoms with Gasteiger partial charge < -0.3 is 4.57 Å². The smallest absolute Gasteiger partial charge is 0.139 e. The van der Waals surface area contributed by atoms with Gasteiger partial charge in [0.25, 0.3) is 0 Å². The third kappa shape index (κ3) is 3.34. The lowest BCUT2D eigenvalue weighted by Crippen LogP contribution is -2.00. The number of pyridine rings is 1. The Labute approximate surface area is 263 Å². The second-order valence-corrected chi connectivity index (χ2v) is 11.9. The van der Waals surface area contributed by atoms with Gasteiger partial charge in [-0.15, -0.1) is 0 Å². The number of hydrogen-bond donors (Lipinski definition) is 0. The van der Waals surface area contributed by atoms with Crippen molar-refractivity contribution in [3.8, 4) is 17.6 Å². The van der Waals surface area contributed by atoms with E-state index in [4.69, 9.17) is 4.98 Å². The number of rotatable bonds is 2. The maximum absolute atomic E-state index is 10.1. The molecule has 0 aliphatic carbocycles. The first-order valence-corrected chi connectivity index (χ1v) is 15.5. The van der Waals surface area contributed by atoms with Crippen molar-refractivity contribution in [3.63, 3.8) is 0 Å². The monoisotopic (exact) mass is 584 g/mol. The minimum absolute atomic E-state index is 0.616. The lowest BCUT2D eigenvalue weighted by Gasteiger charge is -2.11. The van der Waals surface area contributed by atoms with E-state index >= 15 is 0 Å². The van der Waals surface area contributed by atoms with Crippen molar-refractivity contribution in [3.05, 3.63) is 151 Å². The van der Waals surface area contributed by atoms with Gasteiger partial charge in [-0.3, -0.25) is 4.57 Å². The van der Waals surface area contributed by atoms with Crippen LogP contribution in [-0.4, -0.2) is 14.1 Å². The van der Waals surface area contributed by atoms with Gasteiger partial charge in [0.15, 0.2) is 0 Å². The zero-order valence-corrected chi connectivity index (χ0v) is 24.6. The largest absolute Gasteiger partial charge is 0.309 e. The van der Waals surface area contributed by atoms with E-state index in [0.29, 0.717) is 5.56 Å². The van der Waals surface area contributed by atoms with Crippen LogP contribution in [0.5, 0.6) is 0 Å². The highest BCUT2D eigenvalue weighted by Gasteiger charge is 2.20. The van der Waals surface area contributed by atoms with Gasteiger partial charge in [0, 0.05) is 32.6 Å². The highest BCUT2D eigenvalue weighted by molar-refractivity contribution is 6.23. The van der Waals surface area contributed by atoms with Crippen LogP contribution in [0, 0.1) is 11.3 Å². The Morgan fingerprint density at radius 3 is 1.76 bits per heavy atom. The van der Waals surface area contributed by atoms with Gasteiger partial charge in [-0.05, 0) is 70.1 Å². The van der Waals surface area contributed by atoms with Crippen LogP contribution in [0.4, 0.5) is 0 Å². The molecule has 3 heterocycles. The zero-order valence-electron chi connectivity index (χ0n) is 24.6. The van der Waals surface area contributed by atoms with Crippen molar-refractivity contribution in [2.75, 3.05) is 0 Å². The summed E-state index contributed by atoms with van der Waals surface area (Å²) < 4.78 is 4.61. The fraction of sp³-hybridized carbons (Fsp3) is 0. The summed E-state index contributed by atoms with van der Waals surface area (Å²) in [5.41, 5.74) is 7.00. The zero-order chi connectivity index (χ0) is 30.4. The maximum Gasteiger partial charge on any atom is 0.139 e.